The molecule has 0 bridgehead atoms. The summed E-state index contributed by atoms with van der Waals surface area (Å²) in [5.41, 5.74) is 0.758. The molecular formula is C16H15ClN2O4. The van der Waals surface area contributed by atoms with E-state index in [2.05, 4.69) is 10.6 Å². The Morgan fingerprint density at radius 3 is 2.39 bits per heavy atom. The molecule has 2 rings (SSSR count). The van der Waals surface area contributed by atoms with Crippen LogP contribution in [0.15, 0.2) is 42.5 Å². The molecule has 6 nitrogen and oxygen atoms in total. The summed E-state index contributed by atoms with van der Waals surface area (Å²) in [7, 11) is 2.97. The van der Waals surface area contributed by atoms with Gasteiger partial charge in [-0.3, -0.25) is 9.59 Å². The Hall–Kier alpha value is -2.73. The molecule has 7 heteroatoms. The molecular weight excluding hydrogens is 320 g/mol. The average molecular weight is 335 g/mol. The van der Waals surface area contributed by atoms with Gasteiger partial charge in [-0.15, -0.1) is 0 Å². The Kier molecular flexibility index (Phi) is 5.43. The summed E-state index contributed by atoms with van der Waals surface area (Å²) in [6, 6.07) is 11.4. The molecule has 0 aliphatic carbocycles. The summed E-state index contributed by atoms with van der Waals surface area (Å²) in [6.45, 7) is 0. The van der Waals surface area contributed by atoms with Gasteiger partial charge in [0, 0.05) is 16.8 Å². The second-order valence-electron chi connectivity index (χ2n) is 4.48. The fourth-order valence-corrected chi connectivity index (χ4v) is 2.02. The van der Waals surface area contributed by atoms with E-state index in [0.29, 0.717) is 27.9 Å². The molecule has 0 aliphatic rings. The lowest BCUT2D eigenvalue weighted by Crippen LogP contribution is -2.29. The van der Waals surface area contributed by atoms with Crippen molar-refractivity contribution >= 4 is 34.8 Å². The molecule has 120 valence electrons. The van der Waals surface area contributed by atoms with Crippen LogP contribution >= 0.6 is 11.6 Å². The van der Waals surface area contributed by atoms with Crippen molar-refractivity contribution in [3.8, 4) is 11.5 Å². The van der Waals surface area contributed by atoms with E-state index in [1.807, 2.05) is 0 Å². The number of carbonyl (C=O) groups is 2. The second kappa shape index (κ2) is 7.51. The predicted octanol–water partition coefficient (Wildman–Crippen LogP) is 2.93. The van der Waals surface area contributed by atoms with Crippen LogP contribution in [0.3, 0.4) is 0 Å². The van der Waals surface area contributed by atoms with Gasteiger partial charge in [0.15, 0.2) is 0 Å². The minimum absolute atomic E-state index is 0.311. The Balaban J connectivity index is 2.08. The van der Waals surface area contributed by atoms with Crippen molar-refractivity contribution in [2.24, 2.45) is 0 Å². The SMILES string of the molecule is COc1cccc(NC(=O)C(=O)Nc2cc(Cl)ccc2OC)c1. The number of carbonyl (C=O) groups excluding carboxylic acids is 2. The maximum absolute atomic E-state index is 12.0. The predicted molar refractivity (Wildman–Crippen MR) is 88.3 cm³/mol. The highest BCUT2D eigenvalue weighted by atomic mass is 35.5. The number of ether oxygens (including phenoxy) is 2. The van der Waals surface area contributed by atoms with Gasteiger partial charge in [0.2, 0.25) is 0 Å². The maximum atomic E-state index is 12.0. The molecule has 23 heavy (non-hydrogen) atoms. The van der Waals surface area contributed by atoms with Crippen LogP contribution in [0.25, 0.3) is 0 Å². The van der Waals surface area contributed by atoms with Gasteiger partial charge < -0.3 is 20.1 Å². The highest BCUT2D eigenvalue weighted by Gasteiger charge is 2.16. The lowest BCUT2D eigenvalue weighted by atomic mass is 10.2. The number of anilines is 2. The molecule has 2 N–H and O–H groups in total. The van der Waals surface area contributed by atoms with E-state index >= 15 is 0 Å². The summed E-state index contributed by atoms with van der Waals surface area (Å²) in [6.07, 6.45) is 0. The van der Waals surface area contributed by atoms with Crippen molar-refractivity contribution in [3.63, 3.8) is 0 Å². The van der Waals surface area contributed by atoms with Gasteiger partial charge >= 0.3 is 11.8 Å². The van der Waals surface area contributed by atoms with Gasteiger partial charge in [0.05, 0.1) is 19.9 Å². The summed E-state index contributed by atoms with van der Waals surface area (Å²) >= 11 is 5.88. The fraction of sp³-hybridized carbons (Fsp3) is 0.125. The standard InChI is InChI=1S/C16H15ClN2O4/c1-22-12-5-3-4-11(9-12)18-15(20)16(21)19-13-8-10(17)6-7-14(13)23-2/h3-9H,1-2H3,(H,18,20)(H,19,21). The first-order valence-electron chi connectivity index (χ1n) is 6.63. The quantitative estimate of drug-likeness (QED) is 0.843. The first kappa shape index (κ1) is 16.6. The normalized spacial score (nSPS) is 9.87. The van der Waals surface area contributed by atoms with Gasteiger partial charge in [-0.2, -0.15) is 0 Å². The molecule has 0 unspecified atom stereocenters. The number of benzene rings is 2. The van der Waals surface area contributed by atoms with Crippen LogP contribution in [0.4, 0.5) is 11.4 Å². The van der Waals surface area contributed by atoms with Crippen molar-refractivity contribution in [1.82, 2.24) is 0 Å². The minimum atomic E-state index is -0.839. The van der Waals surface area contributed by atoms with Crippen molar-refractivity contribution in [2.45, 2.75) is 0 Å². The Morgan fingerprint density at radius 1 is 0.957 bits per heavy atom. The molecule has 0 radical (unpaired) electrons. The van der Waals surface area contributed by atoms with E-state index in [1.54, 1.807) is 36.4 Å². The zero-order valence-electron chi connectivity index (χ0n) is 12.6. The summed E-state index contributed by atoms with van der Waals surface area (Å²) in [4.78, 5) is 24.0. The first-order valence-corrected chi connectivity index (χ1v) is 7.01. The lowest BCUT2D eigenvalue weighted by Gasteiger charge is -2.11. The molecule has 0 spiro atoms. The van der Waals surface area contributed by atoms with Crippen LogP contribution in [0.2, 0.25) is 5.02 Å². The third-order valence-corrected chi connectivity index (χ3v) is 3.18. The monoisotopic (exact) mass is 334 g/mol. The molecule has 0 fully saturated rings. The van der Waals surface area contributed by atoms with E-state index in [1.165, 1.54) is 20.3 Å². The number of nitrogens with one attached hydrogen (secondary N) is 2. The highest BCUT2D eigenvalue weighted by Crippen LogP contribution is 2.27. The number of halogens is 1. The molecule has 2 aromatic carbocycles. The molecule has 0 aliphatic heterocycles. The van der Waals surface area contributed by atoms with Crippen molar-refractivity contribution in [3.05, 3.63) is 47.5 Å². The van der Waals surface area contributed by atoms with E-state index in [0.717, 1.165) is 0 Å². The topological polar surface area (TPSA) is 76.7 Å². The third kappa shape index (κ3) is 4.37. The van der Waals surface area contributed by atoms with Crippen molar-refractivity contribution < 1.29 is 19.1 Å². The first-order chi connectivity index (χ1) is 11.0. The third-order valence-electron chi connectivity index (χ3n) is 2.94. The zero-order chi connectivity index (χ0) is 16.8. The van der Waals surface area contributed by atoms with Crippen LogP contribution in [-0.4, -0.2) is 26.0 Å². The molecule has 0 saturated carbocycles. The summed E-state index contributed by atoms with van der Waals surface area (Å²) in [5.74, 6) is -0.690. The number of hydrogen-bond donors (Lipinski definition) is 2. The van der Waals surface area contributed by atoms with Gasteiger partial charge in [0.25, 0.3) is 0 Å². The van der Waals surface area contributed by atoms with E-state index in [4.69, 9.17) is 21.1 Å². The fourth-order valence-electron chi connectivity index (χ4n) is 1.85. The second-order valence-corrected chi connectivity index (χ2v) is 4.92. The van der Waals surface area contributed by atoms with E-state index < -0.39 is 11.8 Å². The lowest BCUT2D eigenvalue weighted by molar-refractivity contribution is -0.133. The van der Waals surface area contributed by atoms with E-state index in [-0.39, 0.29) is 0 Å². The van der Waals surface area contributed by atoms with Gasteiger partial charge in [-0.1, -0.05) is 17.7 Å². The minimum Gasteiger partial charge on any atom is -0.497 e. The molecule has 0 aromatic heterocycles. The zero-order valence-corrected chi connectivity index (χ0v) is 13.3. The van der Waals surface area contributed by atoms with Gasteiger partial charge in [-0.05, 0) is 30.3 Å². The van der Waals surface area contributed by atoms with Crippen LogP contribution in [0, 0.1) is 0 Å². The van der Waals surface area contributed by atoms with Crippen LogP contribution in [0.1, 0.15) is 0 Å². The average Bonchev–Trinajstić information content (AvgIpc) is 2.55. The molecule has 0 heterocycles. The Labute approximate surface area is 138 Å². The summed E-state index contributed by atoms with van der Waals surface area (Å²) in [5, 5.41) is 5.35. The van der Waals surface area contributed by atoms with Crippen LogP contribution in [0.5, 0.6) is 11.5 Å². The molecule has 2 aromatic rings. The van der Waals surface area contributed by atoms with Crippen LogP contribution in [-0.2, 0) is 9.59 Å². The summed E-state index contributed by atoms with van der Waals surface area (Å²) < 4.78 is 10.2. The number of rotatable bonds is 4. The number of methoxy groups -OCH3 is 2. The molecule has 0 atom stereocenters. The Bertz CT molecular complexity index is 734. The smallest absolute Gasteiger partial charge is 0.314 e. The maximum Gasteiger partial charge on any atom is 0.314 e. The van der Waals surface area contributed by atoms with Crippen LogP contribution < -0.4 is 20.1 Å². The van der Waals surface area contributed by atoms with E-state index in [9.17, 15) is 9.59 Å². The highest BCUT2D eigenvalue weighted by molar-refractivity contribution is 6.44. The number of amides is 2. The van der Waals surface area contributed by atoms with Gasteiger partial charge in [-0.25, -0.2) is 0 Å². The Morgan fingerprint density at radius 2 is 1.70 bits per heavy atom. The van der Waals surface area contributed by atoms with Gasteiger partial charge in [0.1, 0.15) is 11.5 Å². The molecule has 0 saturated heterocycles. The number of hydrogen-bond acceptors (Lipinski definition) is 4. The largest absolute Gasteiger partial charge is 0.497 e. The molecule has 2 amide bonds. The van der Waals surface area contributed by atoms with Crippen molar-refractivity contribution in [1.29, 1.82) is 0 Å². The van der Waals surface area contributed by atoms with Crippen molar-refractivity contribution in [2.75, 3.05) is 24.9 Å².